The number of methoxy groups -OCH3 is 1. The number of nitrogens with zero attached hydrogens (tertiary/aromatic N) is 4. The molecule has 0 spiro atoms. The zero-order valence-corrected chi connectivity index (χ0v) is 23.6. The van der Waals surface area contributed by atoms with Gasteiger partial charge in [-0.15, -0.1) is 0 Å². The highest BCUT2D eigenvalue weighted by molar-refractivity contribution is 6.32. The summed E-state index contributed by atoms with van der Waals surface area (Å²) in [6.45, 7) is 8.81. The third-order valence-corrected chi connectivity index (χ3v) is 7.76. The zero-order chi connectivity index (χ0) is 26.5. The normalized spacial score (nSPS) is 16.1. The van der Waals surface area contributed by atoms with Crippen molar-refractivity contribution in [3.63, 3.8) is 0 Å². The second kappa shape index (κ2) is 12.4. The second-order valence-electron chi connectivity index (χ2n) is 10.7. The lowest BCUT2D eigenvalue weighted by atomic mass is 10.0. The predicted molar refractivity (Wildman–Crippen MR) is 151 cm³/mol. The maximum atomic E-state index is 13.5. The van der Waals surface area contributed by atoms with E-state index in [-0.39, 0.29) is 17.8 Å². The van der Waals surface area contributed by atoms with Crippen molar-refractivity contribution in [3.8, 4) is 11.5 Å². The summed E-state index contributed by atoms with van der Waals surface area (Å²) >= 11 is 6.39. The highest BCUT2D eigenvalue weighted by atomic mass is 35.5. The van der Waals surface area contributed by atoms with Gasteiger partial charge < -0.3 is 19.3 Å². The van der Waals surface area contributed by atoms with Crippen molar-refractivity contribution in [3.05, 3.63) is 58.0 Å². The molecule has 7 nitrogen and oxygen atoms in total. The van der Waals surface area contributed by atoms with Gasteiger partial charge in [-0.2, -0.15) is 0 Å². The fourth-order valence-electron chi connectivity index (χ4n) is 5.20. The van der Waals surface area contributed by atoms with Gasteiger partial charge in [0.1, 0.15) is 17.6 Å². The largest absolute Gasteiger partial charge is 0.497 e. The molecular formula is C29H41ClN4O3. The molecule has 2 aromatic carbocycles. The second-order valence-corrected chi connectivity index (χ2v) is 11.1. The molecule has 0 N–H and O–H groups in total. The van der Waals surface area contributed by atoms with Crippen molar-refractivity contribution in [1.29, 1.82) is 0 Å². The monoisotopic (exact) mass is 528 g/mol. The van der Waals surface area contributed by atoms with Crippen LogP contribution in [0.15, 0.2) is 47.3 Å². The number of likely N-dealkylation sites (N-methyl/N-ethyl adjacent to an activating group) is 1. The van der Waals surface area contributed by atoms with E-state index < -0.39 is 0 Å². The molecule has 0 bridgehead atoms. The van der Waals surface area contributed by atoms with Crippen LogP contribution in [0, 0.1) is 5.92 Å². The SMILES string of the molecule is COc1ccc(Cl)c(OC(CCN2CCC(n3c(=O)n(CCN(C)C)c4ccccc43)CC2)C(C)C)c1. The van der Waals surface area contributed by atoms with Gasteiger partial charge in [-0.05, 0) is 63.5 Å². The Morgan fingerprint density at radius 1 is 1.05 bits per heavy atom. The number of aromatic nitrogens is 2. The number of likely N-dealkylation sites (tertiary alicyclic amines) is 1. The van der Waals surface area contributed by atoms with Crippen LogP contribution in [0.2, 0.25) is 5.02 Å². The summed E-state index contributed by atoms with van der Waals surface area (Å²) in [5.74, 6) is 1.76. The van der Waals surface area contributed by atoms with Gasteiger partial charge in [0.25, 0.3) is 0 Å². The Labute approximate surface area is 225 Å². The van der Waals surface area contributed by atoms with Crippen LogP contribution in [0.25, 0.3) is 11.0 Å². The van der Waals surface area contributed by atoms with E-state index in [0.717, 1.165) is 62.2 Å². The number of hydrogen-bond donors (Lipinski definition) is 0. The molecule has 1 aromatic heterocycles. The smallest absolute Gasteiger partial charge is 0.329 e. The Morgan fingerprint density at radius 2 is 1.76 bits per heavy atom. The highest BCUT2D eigenvalue weighted by Gasteiger charge is 2.26. The quantitative estimate of drug-likeness (QED) is 0.344. The minimum atomic E-state index is 0.0552. The van der Waals surface area contributed by atoms with E-state index in [1.54, 1.807) is 7.11 Å². The Hall–Kier alpha value is -2.48. The Morgan fingerprint density at radius 3 is 2.41 bits per heavy atom. The van der Waals surface area contributed by atoms with Crippen molar-refractivity contribution < 1.29 is 9.47 Å². The molecule has 1 aliphatic rings. The van der Waals surface area contributed by atoms with E-state index in [1.807, 2.05) is 53.6 Å². The molecule has 0 radical (unpaired) electrons. The van der Waals surface area contributed by atoms with Gasteiger partial charge in [-0.25, -0.2) is 4.79 Å². The van der Waals surface area contributed by atoms with Crippen LogP contribution in [-0.2, 0) is 6.54 Å². The molecule has 2 heterocycles. The summed E-state index contributed by atoms with van der Waals surface area (Å²) in [5.41, 5.74) is 2.20. The molecule has 1 fully saturated rings. The number of halogens is 1. The first kappa shape index (κ1) is 27.6. The number of para-hydroxylation sites is 2. The maximum Gasteiger partial charge on any atom is 0.329 e. The average molecular weight is 529 g/mol. The third kappa shape index (κ3) is 6.51. The van der Waals surface area contributed by atoms with Gasteiger partial charge in [0.05, 0.1) is 23.2 Å². The fourth-order valence-corrected chi connectivity index (χ4v) is 5.37. The maximum absolute atomic E-state index is 13.5. The van der Waals surface area contributed by atoms with Crippen LogP contribution < -0.4 is 15.2 Å². The van der Waals surface area contributed by atoms with E-state index in [2.05, 4.69) is 35.8 Å². The van der Waals surface area contributed by atoms with Crippen LogP contribution in [0.4, 0.5) is 0 Å². The third-order valence-electron chi connectivity index (χ3n) is 7.45. The molecule has 3 aromatic rings. The van der Waals surface area contributed by atoms with Gasteiger partial charge >= 0.3 is 5.69 Å². The molecular weight excluding hydrogens is 488 g/mol. The van der Waals surface area contributed by atoms with E-state index in [1.165, 1.54) is 0 Å². The zero-order valence-electron chi connectivity index (χ0n) is 22.8. The molecule has 1 atom stereocenters. The Balaban J connectivity index is 1.39. The number of ether oxygens (including phenoxy) is 2. The van der Waals surface area contributed by atoms with E-state index in [4.69, 9.17) is 21.1 Å². The lowest BCUT2D eigenvalue weighted by Crippen LogP contribution is -2.40. The van der Waals surface area contributed by atoms with Crippen molar-refractivity contribution in [2.24, 2.45) is 5.92 Å². The van der Waals surface area contributed by atoms with Gasteiger partial charge in [0.15, 0.2) is 0 Å². The van der Waals surface area contributed by atoms with Gasteiger partial charge in [0, 0.05) is 44.8 Å². The lowest BCUT2D eigenvalue weighted by molar-refractivity contribution is 0.109. The number of imidazole rings is 1. The number of benzene rings is 2. The molecule has 37 heavy (non-hydrogen) atoms. The molecule has 1 saturated heterocycles. The minimum absolute atomic E-state index is 0.0552. The fraction of sp³-hybridized carbons (Fsp3) is 0.552. The standard InChI is InChI=1S/C29H41ClN4O3/c1-21(2)27(37-28-20-23(36-5)10-11-24(28)30)14-17-32-15-12-22(13-16-32)34-26-9-7-6-8-25(26)33(29(34)35)19-18-31(3)4/h6-11,20-22,27H,12-19H2,1-5H3. The molecule has 202 valence electrons. The van der Waals surface area contributed by atoms with Crippen molar-refractivity contribution in [1.82, 2.24) is 18.9 Å². The van der Waals surface area contributed by atoms with E-state index in [0.29, 0.717) is 23.2 Å². The van der Waals surface area contributed by atoms with Crippen LogP contribution in [0.3, 0.4) is 0 Å². The Bertz CT molecular complexity index is 1230. The lowest BCUT2D eigenvalue weighted by Gasteiger charge is -2.34. The molecule has 0 saturated carbocycles. The summed E-state index contributed by atoms with van der Waals surface area (Å²) in [6.07, 6.45) is 2.91. The van der Waals surface area contributed by atoms with Gasteiger partial charge in [-0.3, -0.25) is 9.13 Å². The van der Waals surface area contributed by atoms with Crippen molar-refractivity contribution >= 4 is 22.6 Å². The first-order valence-electron chi connectivity index (χ1n) is 13.4. The van der Waals surface area contributed by atoms with Crippen LogP contribution in [0.5, 0.6) is 11.5 Å². The summed E-state index contributed by atoms with van der Waals surface area (Å²) in [7, 11) is 5.73. The van der Waals surface area contributed by atoms with Gasteiger partial charge in [-0.1, -0.05) is 37.6 Å². The summed E-state index contributed by atoms with van der Waals surface area (Å²) < 4.78 is 15.7. The number of hydrogen-bond acceptors (Lipinski definition) is 5. The summed E-state index contributed by atoms with van der Waals surface area (Å²) in [6, 6.07) is 13.9. The molecule has 4 rings (SSSR count). The first-order chi connectivity index (χ1) is 17.8. The molecule has 1 unspecified atom stereocenters. The number of fused-ring (bicyclic) bond motifs is 1. The molecule has 0 amide bonds. The Kier molecular flexibility index (Phi) is 9.22. The molecule has 8 heteroatoms. The molecule has 0 aliphatic carbocycles. The summed E-state index contributed by atoms with van der Waals surface area (Å²) in [4.78, 5) is 18.1. The average Bonchev–Trinajstić information content (AvgIpc) is 3.17. The number of piperidine rings is 1. The minimum Gasteiger partial charge on any atom is -0.497 e. The predicted octanol–water partition coefficient (Wildman–Crippen LogP) is 5.16. The first-order valence-corrected chi connectivity index (χ1v) is 13.7. The van der Waals surface area contributed by atoms with Crippen molar-refractivity contribution in [2.75, 3.05) is 47.4 Å². The van der Waals surface area contributed by atoms with Crippen molar-refractivity contribution in [2.45, 2.75) is 51.8 Å². The van der Waals surface area contributed by atoms with Crippen LogP contribution in [0.1, 0.15) is 39.2 Å². The number of rotatable bonds is 11. The molecule has 1 aliphatic heterocycles. The van der Waals surface area contributed by atoms with Gasteiger partial charge in [0.2, 0.25) is 0 Å². The highest BCUT2D eigenvalue weighted by Crippen LogP contribution is 2.32. The van der Waals surface area contributed by atoms with Crippen LogP contribution in [-0.4, -0.2) is 72.4 Å². The van der Waals surface area contributed by atoms with E-state index in [9.17, 15) is 4.79 Å². The summed E-state index contributed by atoms with van der Waals surface area (Å²) in [5, 5.41) is 0.599. The van der Waals surface area contributed by atoms with Crippen LogP contribution >= 0.6 is 11.6 Å². The van der Waals surface area contributed by atoms with E-state index >= 15 is 0 Å². The topological polar surface area (TPSA) is 51.9 Å².